The van der Waals surface area contributed by atoms with Gasteiger partial charge in [-0.05, 0) is 37.6 Å². The molecule has 0 heterocycles. The number of aliphatic hydroxyl groups is 1. The monoisotopic (exact) mass is 293 g/mol. The average Bonchev–Trinajstić information content (AvgIpc) is 2.47. The molecule has 3 nitrogen and oxygen atoms in total. The van der Waals surface area contributed by atoms with Crippen LogP contribution in [0.2, 0.25) is 0 Å². The van der Waals surface area contributed by atoms with Gasteiger partial charge in [0.05, 0.1) is 6.61 Å². The third kappa shape index (κ3) is 7.44. The first-order valence-electron chi connectivity index (χ1n) is 6.76. The van der Waals surface area contributed by atoms with Crippen LogP contribution in [0.3, 0.4) is 0 Å². The van der Waals surface area contributed by atoms with Gasteiger partial charge in [-0.2, -0.15) is 11.8 Å². The van der Waals surface area contributed by atoms with E-state index in [1.165, 1.54) is 0 Å². The summed E-state index contributed by atoms with van der Waals surface area (Å²) in [7, 11) is 2.11. The van der Waals surface area contributed by atoms with Crippen LogP contribution in [0.25, 0.3) is 0 Å². The summed E-state index contributed by atoms with van der Waals surface area (Å²) in [6.45, 7) is 2.82. The second-order valence-corrected chi connectivity index (χ2v) is 5.43. The normalized spacial score (nSPS) is 10.2. The Bertz CT molecular complexity index is 422. The average molecular weight is 293 g/mol. The van der Waals surface area contributed by atoms with Crippen LogP contribution in [0.4, 0.5) is 0 Å². The lowest BCUT2D eigenvalue weighted by atomic mass is 10.2. The molecule has 0 aliphatic rings. The Morgan fingerprint density at radius 2 is 2.00 bits per heavy atom. The molecule has 0 bridgehead atoms. The van der Waals surface area contributed by atoms with E-state index in [0.717, 1.165) is 30.2 Å². The standard InChI is InChI=1S/C16H23NO2S/c1-17(11-14-20-2)10-13-19-16-8-6-15(7-9-16)5-3-4-12-18/h6-9,18H,4,10-14H2,1-2H3. The fourth-order valence-electron chi connectivity index (χ4n) is 1.53. The summed E-state index contributed by atoms with van der Waals surface area (Å²) in [4.78, 5) is 2.27. The van der Waals surface area contributed by atoms with E-state index in [2.05, 4.69) is 30.0 Å². The number of hydrogen-bond donors (Lipinski definition) is 1. The van der Waals surface area contributed by atoms with Crippen molar-refractivity contribution < 1.29 is 9.84 Å². The lowest BCUT2D eigenvalue weighted by molar-refractivity contribution is 0.245. The predicted octanol–water partition coefficient (Wildman–Crippen LogP) is 2.09. The van der Waals surface area contributed by atoms with Gasteiger partial charge in [-0.15, -0.1) is 0 Å². The molecule has 4 heteroatoms. The molecule has 1 rings (SSSR count). The highest BCUT2D eigenvalue weighted by Gasteiger charge is 1.98. The number of aliphatic hydroxyl groups excluding tert-OH is 1. The largest absolute Gasteiger partial charge is 0.492 e. The summed E-state index contributed by atoms with van der Waals surface area (Å²) < 4.78 is 5.70. The Labute approximate surface area is 126 Å². The Kier molecular flexibility index (Phi) is 8.97. The molecular weight excluding hydrogens is 270 g/mol. The van der Waals surface area contributed by atoms with Crippen LogP contribution in [-0.4, -0.2) is 55.4 Å². The summed E-state index contributed by atoms with van der Waals surface area (Å²) in [5.74, 6) is 7.91. The van der Waals surface area contributed by atoms with Gasteiger partial charge in [-0.25, -0.2) is 0 Å². The minimum atomic E-state index is 0.109. The van der Waals surface area contributed by atoms with Crippen molar-refractivity contribution in [2.45, 2.75) is 6.42 Å². The Morgan fingerprint density at radius 1 is 1.25 bits per heavy atom. The van der Waals surface area contributed by atoms with Crippen LogP contribution in [0.15, 0.2) is 24.3 Å². The first-order chi connectivity index (χ1) is 9.76. The molecule has 0 atom stereocenters. The Morgan fingerprint density at radius 3 is 2.65 bits per heavy atom. The van der Waals surface area contributed by atoms with Gasteiger partial charge < -0.3 is 14.7 Å². The number of benzene rings is 1. The van der Waals surface area contributed by atoms with Crippen molar-refractivity contribution in [3.8, 4) is 17.6 Å². The fourth-order valence-corrected chi connectivity index (χ4v) is 2.03. The maximum absolute atomic E-state index is 8.66. The zero-order chi connectivity index (χ0) is 14.6. The molecular formula is C16H23NO2S. The van der Waals surface area contributed by atoms with Crippen molar-refractivity contribution in [2.75, 3.05) is 45.4 Å². The summed E-state index contributed by atoms with van der Waals surface area (Å²) in [5.41, 5.74) is 0.947. The van der Waals surface area contributed by atoms with Crippen LogP contribution < -0.4 is 4.74 Å². The maximum atomic E-state index is 8.66. The molecule has 0 unspecified atom stereocenters. The van der Waals surface area contributed by atoms with Crippen LogP contribution >= 0.6 is 11.8 Å². The van der Waals surface area contributed by atoms with E-state index in [4.69, 9.17) is 9.84 Å². The molecule has 1 N–H and O–H groups in total. The van der Waals surface area contributed by atoms with Crippen molar-refractivity contribution in [3.05, 3.63) is 29.8 Å². The molecule has 110 valence electrons. The van der Waals surface area contributed by atoms with E-state index in [1.807, 2.05) is 36.0 Å². The van der Waals surface area contributed by atoms with E-state index in [-0.39, 0.29) is 6.61 Å². The summed E-state index contributed by atoms with van der Waals surface area (Å²) in [5, 5.41) is 8.66. The van der Waals surface area contributed by atoms with E-state index >= 15 is 0 Å². The Balaban J connectivity index is 2.30. The SMILES string of the molecule is CSCCN(C)CCOc1ccc(C#CCCO)cc1. The molecule has 0 radical (unpaired) electrons. The van der Waals surface area contributed by atoms with E-state index in [9.17, 15) is 0 Å². The van der Waals surface area contributed by atoms with Crippen LogP contribution in [-0.2, 0) is 0 Å². The molecule has 1 aromatic carbocycles. The van der Waals surface area contributed by atoms with Gasteiger partial charge in [0.1, 0.15) is 12.4 Å². The van der Waals surface area contributed by atoms with Gasteiger partial charge in [0.15, 0.2) is 0 Å². The molecule has 0 amide bonds. The highest BCUT2D eigenvalue weighted by Crippen LogP contribution is 2.11. The van der Waals surface area contributed by atoms with Crippen molar-refractivity contribution >= 4 is 11.8 Å². The number of hydrogen-bond acceptors (Lipinski definition) is 4. The van der Waals surface area contributed by atoms with E-state index < -0.39 is 0 Å². The smallest absolute Gasteiger partial charge is 0.119 e. The minimum Gasteiger partial charge on any atom is -0.492 e. The van der Waals surface area contributed by atoms with Gasteiger partial charge in [0, 0.05) is 30.8 Å². The number of likely N-dealkylation sites (N-methyl/N-ethyl adjacent to an activating group) is 1. The third-order valence-electron chi connectivity index (χ3n) is 2.74. The molecule has 0 saturated carbocycles. The molecule has 0 aliphatic carbocycles. The number of ether oxygens (including phenoxy) is 1. The maximum Gasteiger partial charge on any atom is 0.119 e. The summed E-state index contributed by atoms with van der Waals surface area (Å²) >= 11 is 1.86. The topological polar surface area (TPSA) is 32.7 Å². The molecule has 20 heavy (non-hydrogen) atoms. The second kappa shape index (κ2) is 10.6. The highest BCUT2D eigenvalue weighted by atomic mass is 32.2. The van der Waals surface area contributed by atoms with Gasteiger partial charge in [0.2, 0.25) is 0 Å². The Hall–Kier alpha value is -1.15. The van der Waals surface area contributed by atoms with E-state index in [0.29, 0.717) is 13.0 Å². The minimum absolute atomic E-state index is 0.109. The highest BCUT2D eigenvalue weighted by molar-refractivity contribution is 7.98. The molecule has 0 spiro atoms. The van der Waals surface area contributed by atoms with Gasteiger partial charge in [-0.3, -0.25) is 0 Å². The number of nitrogens with zero attached hydrogens (tertiary/aromatic N) is 1. The second-order valence-electron chi connectivity index (χ2n) is 4.44. The number of thioether (sulfide) groups is 1. The zero-order valence-corrected chi connectivity index (χ0v) is 13.1. The first-order valence-corrected chi connectivity index (χ1v) is 8.15. The zero-order valence-electron chi connectivity index (χ0n) is 12.3. The van der Waals surface area contributed by atoms with Crippen molar-refractivity contribution in [1.82, 2.24) is 4.90 Å². The van der Waals surface area contributed by atoms with Crippen molar-refractivity contribution in [3.63, 3.8) is 0 Å². The molecule has 0 fully saturated rings. The van der Waals surface area contributed by atoms with Crippen LogP contribution in [0.5, 0.6) is 5.75 Å². The van der Waals surface area contributed by atoms with E-state index in [1.54, 1.807) is 0 Å². The summed E-state index contributed by atoms with van der Waals surface area (Å²) in [6.07, 6.45) is 2.63. The van der Waals surface area contributed by atoms with Gasteiger partial charge in [-0.1, -0.05) is 11.8 Å². The van der Waals surface area contributed by atoms with Gasteiger partial charge in [0.25, 0.3) is 0 Å². The third-order valence-corrected chi connectivity index (χ3v) is 3.33. The first kappa shape index (κ1) is 16.9. The summed E-state index contributed by atoms with van der Waals surface area (Å²) in [6, 6.07) is 7.75. The van der Waals surface area contributed by atoms with Crippen molar-refractivity contribution in [1.29, 1.82) is 0 Å². The van der Waals surface area contributed by atoms with Crippen molar-refractivity contribution in [2.24, 2.45) is 0 Å². The predicted molar refractivity (Wildman–Crippen MR) is 86.4 cm³/mol. The molecule has 0 saturated heterocycles. The van der Waals surface area contributed by atoms with Gasteiger partial charge >= 0.3 is 0 Å². The lowest BCUT2D eigenvalue weighted by Gasteiger charge is -2.16. The molecule has 0 aromatic heterocycles. The number of rotatable bonds is 8. The molecule has 1 aromatic rings. The quantitative estimate of drug-likeness (QED) is 0.744. The van der Waals surface area contributed by atoms with Crippen LogP contribution in [0, 0.1) is 11.8 Å². The fraction of sp³-hybridized carbons (Fsp3) is 0.500. The lowest BCUT2D eigenvalue weighted by Crippen LogP contribution is -2.26. The molecule has 0 aliphatic heterocycles. The van der Waals surface area contributed by atoms with Crippen LogP contribution in [0.1, 0.15) is 12.0 Å².